The first-order chi connectivity index (χ1) is 8.25. The molecular formula is C14H19NO3. The van der Waals surface area contributed by atoms with Gasteiger partial charge < -0.3 is 10.4 Å². The molecule has 0 fully saturated rings. The molecule has 4 nitrogen and oxygen atoms in total. The Morgan fingerprint density at radius 3 is 2.17 bits per heavy atom. The summed E-state index contributed by atoms with van der Waals surface area (Å²) in [4.78, 5) is 22.8. The maximum atomic E-state index is 12.1. The minimum absolute atomic E-state index is 0.291. The molecule has 2 N–H and O–H groups in total. The molecule has 98 valence electrons. The van der Waals surface area contributed by atoms with E-state index in [9.17, 15) is 9.59 Å². The molecule has 1 aromatic rings. The number of aryl methyl sites for hydroxylation is 1. The Balaban J connectivity index is 2.89. The van der Waals surface area contributed by atoms with E-state index in [0.29, 0.717) is 0 Å². The summed E-state index contributed by atoms with van der Waals surface area (Å²) in [6.07, 6.45) is 0. The van der Waals surface area contributed by atoms with Crippen molar-refractivity contribution in [1.29, 1.82) is 0 Å². The topological polar surface area (TPSA) is 66.4 Å². The summed E-state index contributed by atoms with van der Waals surface area (Å²) in [7, 11) is 0. The number of hydrogen-bond donors (Lipinski definition) is 2. The number of carboxylic acids is 1. The van der Waals surface area contributed by atoms with Crippen LogP contribution in [0.4, 0.5) is 0 Å². The summed E-state index contributed by atoms with van der Waals surface area (Å²) in [6.45, 7) is 6.98. The van der Waals surface area contributed by atoms with Crippen LogP contribution < -0.4 is 5.32 Å². The Bertz CT molecular complexity index is 449. The van der Waals surface area contributed by atoms with Crippen LogP contribution in [0.1, 0.15) is 31.9 Å². The molecule has 1 aromatic carbocycles. The molecule has 0 aliphatic carbocycles. The third-order valence-corrected chi connectivity index (χ3v) is 3.06. The van der Waals surface area contributed by atoms with Gasteiger partial charge in [-0.15, -0.1) is 0 Å². The minimum atomic E-state index is -1.04. The number of rotatable bonds is 4. The molecule has 4 heteroatoms. The summed E-state index contributed by atoms with van der Waals surface area (Å²) in [5, 5.41) is 11.3. The highest BCUT2D eigenvalue weighted by Crippen LogP contribution is 2.23. The molecule has 0 saturated heterocycles. The average molecular weight is 249 g/mol. The molecule has 1 unspecified atom stereocenters. The molecule has 1 atom stereocenters. The molecule has 0 bridgehead atoms. The maximum absolute atomic E-state index is 12.1. The van der Waals surface area contributed by atoms with E-state index in [1.54, 1.807) is 13.8 Å². The van der Waals surface area contributed by atoms with E-state index in [2.05, 4.69) is 5.32 Å². The van der Waals surface area contributed by atoms with Crippen molar-refractivity contribution in [3.63, 3.8) is 0 Å². The fraction of sp³-hybridized carbons (Fsp3) is 0.429. The SMILES string of the molecule is Cc1ccc(C(C)(C)C(=O)NC(C)C(=O)O)cc1. The van der Waals surface area contributed by atoms with Crippen molar-refractivity contribution in [2.75, 3.05) is 0 Å². The number of carboxylic acid groups (broad SMARTS) is 1. The third kappa shape index (κ3) is 3.09. The summed E-state index contributed by atoms with van der Waals surface area (Å²) in [6, 6.07) is 6.76. The van der Waals surface area contributed by atoms with Crippen molar-refractivity contribution in [2.45, 2.75) is 39.2 Å². The molecule has 0 heterocycles. The number of nitrogens with one attached hydrogen (secondary N) is 1. The summed E-state index contributed by atoms with van der Waals surface area (Å²) < 4.78 is 0. The number of amides is 1. The largest absolute Gasteiger partial charge is 0.480 e. The Morgan fingerprint density at radius 2 is 1.72 bits per heavy atom. The summed E-state index contributed by atoms with van der Waals surface area (Å²) in [5.41, 5.74) is 1.23. The van der Waals surface area contributed by atoms with Crippen molar-refractivity contribution >= 4 is 11.9 Å². The lowest BCUT2D eigenvalue weighted by Gasteiger charge is -2.25. The highest BCUT2D eigenvalue weighted by Gasteiger charge is 2.31. The van der Waals surface area contributed by atoms with Crippen LogP contribution in [0.3, 0.4) is 0 Å². The Hall–Kier alpha value is -1.84. The zero-order valence-electron chi connectivity index (χ0n) is 11.2. The highest BCUT2D eigenvalue weighted by molar-refractivity contribution is 5.90. The van der Waals surface area contributed by atoms with Crippen LogP contribution >= 0.6 is 0 Å². The monoisotopic (exact) mass is 249 g/mol. The van der Waals surface area contributed by atoms with Gasteiger partial charge in [0.25, 0.3) is 0 Å². The second kappa shape index (κ2) is 5.21. The molecule has 0 radical (unpaired) electrons. The normalized spacial score (nSPS) is 12.9. The Kier molecular flexibility index (Phi) is 4.11. The molecule has 0 saturated carbocycles. The lowest BCUT2D eigenvalue weighted by atomic mass is 9.83. The van der Waals surface area contributed by atoms with Crippen LogP contribution in [-0.2, 0) is 15.0 Å². The van der Waals surface area contributed by atoms with Gasteiger partial charge in [-0.25, -0.2) is 0 Å². The second-order valence-corrected chi connectivity index (χ2v) is 5.02. The smallest absolute Gasteiger partial charge is 0.325 e. The molecule has 1 rings (SSSR count). The lowest BCUT2D eigenvalue weighted by Crippen LogP contribution is -2.46. The van der Waals surface area contributed by atoms with Crippen LogP contribution in [0.15, 0.2) is 24.3 Å². The molecule has 0 aliphatic rings. The van der Waals surface area contributed by atoms with Gasteiger partial charge >= 0.3 is 5.97 Å². The van der Waals surface area contributed by atoms with Gasteiger partial charge in [0.15, 0.2) is 0 Å². The van der Waals surface area contributed by atoms with E-state index < -0.39 is 17.4 Å². The Labute approximate surface area is 107 Å². The number of carbonyl (C=O) groups excluding carboxylic acids is 1. The predicted molar refractivity (Wildman–Crippen MR) is 69.4 cm³/mol. The maximum Gasteiger partial charge on any atom is 0.325 e. The fourth-order valence-electron chi connectivity index (χ4n) is 1.54. The van der Waals surface area contributed by atoms with E-state index in [0.717, 1.165) is 11.1 Å². The molecule has 18 heavy (non-hydrogen) atoms. The van der Waals surface area contributed by atoms with E-state index in [1.807, 2.05) is 31.2 Å². The van der Waals surface area contributed by atoms with E-state index in [1.165, 1.54) is 6.92 Å². The van der Waals surface area contributed by atoms with Gasteiger partial charge in [-0.1, -0.05) is 29.8 Å². The van der Waals surface area contributed by atoms with Crippen LogP contribution in [-0.4, -0.2) is 23.0 Å². The molecular weight excluding hydrogens is 230 g/mol. The van der Waals surface area contributed by atoms with Crippen molar-refractivity contribution in [3.8, 4) is 0 Å². The van der Waals surface area contributed by atoms with E-state index >= 15 is 0 Å². The molecule has 0 spiro atoms. The van der Waals surface area contributed by atoms with Crippen molar-refractivity contribution in [3.05, 3.63) is 35.4 Å². The van der Waals surface area contributed by atoms with Crippen LogP contribution in [0.25, 0.3) is 0 Å². The van der Waals surface area contributed by atoms with Crippen LogP contribution in [0.5, 0.6) is 0 Å². The zero-order valence-corrected chi connectivity index (χ0v) is 11.2. The van der Waals surface area contributed by atoms with Gasteiger partial charge in [0.05, 0.1) is 5.41 Å². The average Bonchev–Trinajstić information content (AvgIpc) is 2.29. The first kappa shape index (κ1) is 14.2. The van der Waals surface area contributed by atoms with Gasteiger partial charge in [0.1, 0.15) is 6.04 Å². The van der Waals surface area contributed by atoms with Gasteiger partial charge in [0, 0.05) is 0 Å². The first-order valence-electron chi connectivity index (χ1n) is 5.86. The lowest BCUT2D eigenvalue weighted by molar-refractivity contribution is -0.142. The number of carbonyl (C=O) groups is 2. The minimum Gasteiger partial charge on any atom is -0.480 e. The van der Waals surface area contributed by atoms with Gasteiger partial charge in [-0.2, -0.15) is 0 Å². The summed E-state index contributed by atoms with van der Waals surface area (Å²) >= 11 is 0. The number of aliphatic carboxylic acids is 1. The van der Waals surface area contributed by atoms with Crippen molar-refractivity contribution < 1.29 is 14.7 Å². The number of hydrogen-bond acceptors (Lipinski definition) is 2. The third-order valence-electron chi connectivity index (χ3n) is 3.06. The second-order valence-electron chi connectivity index (χ2n) is 5.02. The summed E-state index contributed by atoms with van der Waals surface area (Å²) in [5.74, 6) is -1.33. The Morgan fingerprint density at radius 1 is 1.22 bits per heavy atom. The molecule has 1 amide bonds. The highest BCUT2D eigenvalue weighted by atomic mass is 16.4. The molecule has 0 aromatic heterocycles. The van der Waals surface area contributed by atoms with Gasteiger partial charge in [-0.05, 0) is 33.3 Å². The molecule has 0 aliphatic heterocycles. The van der Waals surface area contributed by atoms with Crippen molar-refractivity contribution in [1.82, 2.24) is 5.32 Å². The van der Waals surface area contributed by atoms with Crippen LogP contribution in [0, 0.1) is 6.92 Å². The van der Waals surface area contributed by atoms with E-state index in [-0.39, 0.29) is 5.91 Å². The fourth-order valence-corrected chi connectivity index (χ4v) is 1.54. The number of benzene rings is 1. The quantitative estimate of drug-likeness (QED) is 0.856. The van der Waals surface area contributed by atoms with Crippen molar-refractivity contribution in [2.24, 2.45) is 0 Å². The zero-order chi connectivity index (χ0) is 13.9. The van der Waals surface area contributed by atoms with Gasteiger partial charge in [-0.3, -0.25) is 9.59 Å². The first-order valence-corrected chi connectivity index (χ1v) is 5.86. The predicted octanol–water partition coefficient (Wildman–Crippen LogP) is 1.86. The van der Waals surface area contributed by atoms with Gasteiger partial charge in [0.2, 0.25) is 5.91 Å². The standard InChI is InChI=1S/C14H19NO3/c1-9-5-7-11(8-6-9)14(3,4)13(18)15-10(2)12(16)17/h5-8,10H,1-4H3,(H,15,18)(H,16,17). The van der Waals surface area contributed by atoms with E-state index in [4.69, 9.17) is 5.11 Å². The van der Waals surface area contributed by atoms with Crippen LogP contribution in [0.2, 0.25) is 0 Å².